The van der Waals surface area contributed by atoms with Gasteiger partial charge in [0.05, 0.1) is 31.1 Å². The number of benzene rings is 1. The van der Waals surface area contributed by atoms with Crippen LogP contribution in [0.25, 0.3) is 5.69 Å². The van der Waals surface area contributed by atoms with Gasteiger partial charge in [0.15, 0.2) is 0 Å². The van der Waals surface area contributed by atoms with Crippen LogP contribution in [-0.2, 0) is 28.9 Å². The highest BCUT2D eigenvalue weighted by Crippen LogP contribution is 2.38. The Kier molecular flexibility index (Phi) is 6.48. The summed E-state index contributed by atoms with van der Waals surface area (Å²) in [5.41, 5.74) is 3.58. The number of esters is 1. The number of fused-ring (bicyclic) bond motifs is 1. The number of para-hydroxylation sites is 1. The Balaban J connectivity index is 1.40. The summed E-state index contributed by atoms with van der Waals surface area (Å²) in [6.07, 6.45) is 7.75. The van der Waals surface area contributed by atoms with Crippen LogP contribution in [0.5, 0.6) is 0 Å². The number of hydrogen-bond acceptors (Lipinski definition) is 6. The number of nitrogens with zero attached hydrogens (tertiary/aromatic N) is 3. The standard InChI is InChI=1S/C23H26N4O3S/c1-26(13-16-12-24-27(14-16)17-8-4-3-5-9-17)15-20(28)25-22-21(23(29)30-2)18-10-6-7-11-19(18)31-22/h3-5,8-9,12,14H,6-7,10-11,13,15H2,1-2H3,(H,25,28). The molecule has 0 bridgehead atoms. The fourth-order valence-electron chi connectivity index (χ4n) is 3.91. The SMILES string of the molecule is COC(=O)c1c(NC(=O)CN(C)Cc2cnn(-c3ccccc3)c2)sc2c1CCCC2. The van der Waals surface area contributed by atoms with Crippen LogP contribution in [0.15, 0.2) is 42.7 Å². The topological polar surface area (TPSA) is 76.5 Å². The maximum Gasteiger partial charge on any atom is 0.341 e. The fraction of sp³-hybridized carbons (Fsp3) is 0.348. The number of ether oxygens (including phenoxy) is 1. The lowest BCUT2D eigenvalue weighted by atomic mass is 9.95. The second-order valence-electron chi connectivity index (χ2n) is 7.76. The number of thiophene rings is 1. The summed E-state index contributed by atoms with van der Waals surface area (Å²) in [5.74, 6) is -0.530. The molecule has 7 nitrogen and oxygen atoms in total. The predicted molar refractivity (Wildman–Crippen MR) is 121 cm³/mol. The molecular formula is C23H26N4O3S. The lowest BCUT2D eigenvalue weighted by molar-refractivity contribution is -0.117. The molecule has 31 heavy (non-hydrogen) atoms. The molecule has 0 atom stereocenters. The number of carbonyl (C=O) groups excluding carboxylic acids is 2. The zero-order chi connectivity index (χ0) is 21.8. The second kappa shape index (κ2) is 9.45. The molecule has 0 spiro atoms. The van der Waals surface area contributed by atoms with Crippen molar-refractivity contribution in [1.29, 1.82) is 0 Å². The van der Waals surface area contributed by atoms with Gasteiger partial charge in [-0.1, -0.05) is 18.2 Å². The van der Waals surface area contributed by atoms with Crippen LogP contribution >= 0.6 is 11.3 Å². The normalized spacial score (nSPS) is 13.1. The first-order valence-electron chi connectivity index (χ1n) is 10.4. The average Bonchev–Trinajstić information content (AvgIpc) is 3.37. The largest absolute Gasteiger partial charge is 0.465 e. The molecule has 0 saturated carbocycles. The van der Waals surface area contributed by atoms with E-state index in [1.165, 1.54) is 23.3 Å². The average molecular weight is 439 g/mol. The molecule has 2 aromatic heterocycles. The monoisotopic (exact) mass is 438 g/mol. The molecule has 0 fully saturated rings. The Morgan fingerprint density at radius 2 is 2.00 bits per heavy atom. The molecule has 0 saturated heterocycles. The minimum absolute atomic E-state index is 0.151. The van der Waals surface area contributed by atoms with Crippen LogP contribution in [0, 0.1) is 0 Å². The van der Waals surface area contributed by atoms with Gasteiger partial charge in [0.2, 0.25) is 5.91 Å². The molecule has 8 heteroatoms. The number of aryl methyl sites for hydroxylation is 1. The summed E-state index contributed by atoms with van der Waals surface area (Å²) >= 11 is 1.50. The molecule has 4 rings (SSSR count). The molecule has 0 unspecified atom stereocenters. The van der Waals surface area contributed by atoms with Gasteiger partial charge in [-0.05, 0) is 50.4 Å². The van der Waals surface area contributed by atoms with Crippen LogP contribution in [0.1, 0.15) is 39.2 Å². The van der Waals surface area contributed by atoms with Gasteiger partial charge < -0.3 is 10.1 Å². The molecule has 0 aliphatic heterocycles. The molecule has 1 N–H and O–H groups in total. The molecular weight excluding hydrogens is 412 g/mol. The van der Waals surface area contributed by atoms with Crippen LogP contribution < -0.4 is 5.32 Å². The number of aromatic nitrogens is 2. The number of anilines is 1. The number of likely N-dealkylation sites (N-methyl/N-ethyl adjacent to an activating group) is 1. The van der Waals surface area contributed by atoms with Crippen molar-refractivity contribution in [1.82, 2.24) is 14.7 Å². The lowest BCUT2D eigenvalue weighted by Crippen LogP contribution is -2.30. The second-order valence-corrected chi connectivity index (χ2v) is 8.86. The van der Waals surface area contributed by atoms with Crippen LogP contribution in [0.3, 0.4) is 0 Å². The van der Waals surface area contributed by atoms with E-state index in [1.807, 2.05) is 59.4 Å². The minimum atomic E-state index is -0.378. The third-order valence-electron chi connectivity index (χ3n) is 5.34. The summed E-state index contributed by atoms with van der Waals surface area (Å²) in [6, 6.07) is 9.90. The number of carbonyl (C=O) groups is 2. The van der Waals surface area contributed by atoms with E-state index in [-0.39, 0.29) is 18.4 Å². The van der Waals surface area contributed by atoms with Gasteiger partial charge in [-0.2, -0.15) is 5.10 Å². The van der Waals surface area contributed by atoms with Crippen molar-refractivity contribution in [2.24, 2.45) is 0 Å². The summed E-state index contributed by atoms with van der Waals surface area (Å²) in [5, 5.41) is 7.96. The molecule has 1 amide bonds. The van der Waals surface area contributed by atoms with Crippen molar-refractivity contribution in [3.05, 3.63) is 64.3 Å². The summed E-state index contributed by atoms with van der Waals surface area (Å²) in [4.78, 5) is 28.1. The smallest absolute Gasteiger partial charge is 0.341 e. The highest BCUT2D eigenvalue weighted by atomic mass is 32.1. The Bertz CT molecular complexity index is 1070. The Morgan fingerprint density at radius 3 is 2.77 bits per heavy atom. The molecule has 1 aliphatic rings. The number of methoxy groups -OCH3 is 1. The first kappa shape index (κ1) is 21.3. The van der Waals surface area contributed by atoms with Crippen molar-refractivity contribution >= 4 is 28.2 Å². The molecule has 0 radical (unpaired) electrons. The molecule has 162 valence electrons. The van der Waals surface area contributed by atoms with E-state index in [0.29, 0.717) is 17.1 Å². The van der Waals surface area contributed by atoms with Gasteiger partial charge in [0.1, 0.15) is 5.00 Å². The number of hydrogen-bond donors (Lipinski definition) is 1. The van der Waals surface area contributed by atoms with Gasteiger partial charge >= 0.3 is 5.97 Å². The van der Waals surface area contributed by atoms with Gasteiger partial charge in [-0.3, -0.25) is 9.69 Å². The van der Waals surface area contributed by atoms with E-state index in [4.69, 9.17) is 4.74 Å². The van der Waals surface area contributed by atoms with Gasteiger partial charge in [-0.25, -0.2) is 9.48 Å². The van der Waals surface area contributed by atoms with Crippen molar-refractivity contribution in [3.63, 3.8) is 0 Å². The van der Waals surface area contributed by atoms with E-state index in [2.05, 4.69) is 10.4 Å². The predicted octanol–water partition coefficient (Wildman–Crippen LogP) is 3.67. The number of rotatable bonds is 7. The third-order valence-corrected chi connectivity index (χ3v) is 6.54. The number of nitrogens with one attached hydrogen (secondary N) is 1. The third kappa shape index (κ3) is 4.86. The molecule has 2 heterocycles. The lowest BCUT2D eigenvalue weighted by Gasteiger charge is -2.15. The minimum Gasteiger partial charge on any atom is -0.465 e. The maximum atomic E-state index is 12.7. The first-order valence-corrected chi connectivity index (χ1v) is 11.2. The van der Waals surface area contributed by atoms with E-state index in [9.17, 15) is 9.59 Å². The zero-order valence-electron chi connectivity index (χ0n) is 17.8. The van der Waals surface area contributed by atoms with Gasteiger partial charge in [0, 0.05) is 23.2 Å². The van der Waals surface area contributed by atoms with E-state index in [0.717, 1.165) is 42.5 Å². The number of amides is 1. The van der Waals surface area contributed by atoms with E-state index < -0.39 is 0 Å². The Labute approximate surface area is 185 Å². The first-order chi connectivity index (χ1) is 15.0. The molecule has 3 aromatic rings. The van der Waals surface area contributed by atoms with E-state index >= 15 is 0 Å². The summed E-state index contributed by atoms with van der Waals surface area (Å²) < 4.78 is 6.80. The van der Waals surface area contributed by atoms with Crippen molar-refractivity contribution in [2.45, 2.75) is 32.2 Å². The van der Waals surface area contributed by atoms with Crippen LogP contribution in [0.4, 0.5) is 5.00 Å². The van der Waals surface area contributed by atoms with Gasteiger partial charge in [-0.15, -0.1) is 11.3 Å². The summed E-state index contributed by atoms with van der Waals surface area (Å²) in [7, 11) is 3.27. The summed E-state index contributed by atoms with van der Waals surface area (Å²) in [6.45, 7) is 0.796. The highest BCUT2D eigenvalue weighted by Gasteiger charge is 2.27. The maximum absolute atomic E-state index is 12.7. The van der Waals surface area contributed by atoms with Crippen LogP contribution in [-0.4, -0.2) is 47.3 Å². The highest BCUT2D eigenvalue weighted by molar-refractivity contribution is 7.17. The van der Waals surface area contributed by atoms with E-state index in [1.54, 1.807) is 0 Å². The zero-order valence-corrected chi connectivity index (χ0v) is 18.6. The Morgan fingerprint density at radius 1 is 1.23 bits per heavy atom. The van der Waals surface area contributed by atoms with Crippen molar-refractivity contribution in [3.8, 4) is 5.69 Å². The van der Waals surface area contributed by atoms with Crippen molar-refractivity contribution in [2.75, 3.05) is 26.0 Å². The van der Waals surface area contributed by atoms with Gasteiger partial charge in [0.25, 0.3) is 0 Å². The molecule has 1 aromatic carbocycles. The molecule has 1 aliphatic carbocycles. The Hall–Kier alpha value is -2.97. The van der Waals surface area contributed by atoms with Crippen LogP contribution in [0.2, 0.25) is 0 Å². The quantitative estimate of drug-likeness (QED) is 0.570. The fourth-order valence-corrected chi connectivity index (χ4v) is 5.21. The van der Waals surface area contributed by atoms with Crippen molar-refractivity contribution < 1.29 is 14.3 Å².